The summed E-state index contributed by atoms with van der Waals surface area (Å²) < 4.78 is 0. The average molecular weight is 151 g/mol. The molecule has 5 nitrogen and oxygen atoms in total. The van der Waals surface area contributed by atoms with Gasteiger partial charge in [0.1, 0.15) is 0 Å². The van der Waals surface area contributed by atoms with Crippen molar-refractivity contribution in [2.45, 2.75) is 0 Å². The number of rotatable bonds is 0. The molecule has 0 aromatic rings. The molecule has 0 spiro atoms. The molecule has 0 heterocycles. The van der Waals surface area contributed by atoms with Crippen LogP contribution in [-0.4, -0.2) is 60.9 Å². The quantitative estimate of drug-likeness (QED) is 0.316. The van der Waals surface area contributed by atoms with E-state index in [1.807, 2.05) is 0 Å². The molecule has 0 aromatic heterocycles. The van der Waals surface area contributed by atoms with Crippen LogP contribution in [-0.2, 0) is 9.59 Å². The Bertz CT molecular complexity index is 42.2. The fraction of sp³-hybridized carbons (Fsp3) is 0. The second kappa shape index (κ2) is 58.2. The number of hydrogen-bond acceptors (Lipinski definition) is 3. The van der Waals surface area contributed by atoms with Crippen LogP contribution in [0.3, 0.4) is 0 Å². The Morgan fingerprint density at radius 3 is 1.12 bits per heavy atom. The van der Waals surface area contributed by atoms with Crippen molar-refractivity contribution in [2.24, 2.45) is 0 Å². The van der Waals surface area contributed by atoms with Crippen molar-refractivity contribution in [3.63, 3.8) is 0 Å². The van der Waals surface area contributed by atoms with E-state index in [4.69, 9.17) is 19.8 Å². The van der Waals surface area contributed by atoms with Crippen molar-refractivity contribution >= 4 is 50.7 Å². The summed E-state index contributed by atoms with van der Waals surface area (Å²) in [7, 11) is 0. The first-order valence-electron chi connectivity index (χ1n) is 0.988. The van der Waals surface area contributed by atoms with Gasteiger partial charge in [-0.3, -0.25) is 9.59 Å². The van der Waals surface area contributed by atoms with E-state index in [1.165, 1.54) is 0 Å². The van der Waals surface area contributed by atoms with Gasteiger partial charge in [0.15, 0.2) is 0 Å². The largest absolute Gasteiger partial charge is 2.00 e. The summed E-state index contributed by atoms with van der Waals surface area (Å²) >= 11 is 0. The molecule has 0 unspecified atom stereocenters. The minimum atomic E-state index is -0.250. The Morgan fingerprint density at radius 2 is 1.12 bits per heavy atom. The fourth-order valence-corrected chi connectivity index (χ4v) is 0. The van der Waals surface area contributed by atoms with Gasteiger partial charge in [-0.25, -0.2) is 0 Å². The van der Waals surface area contributed by atoms with E-state index in [-0.39, 0.29) is 59.7 Å². The van der Waals surface area contributed by atoms with Crippen LogP contribution < -0.4 is 6.15 Å². The zero-order valence-electron chi connectivity index (χ0n) is 6.28. The van der Waals surface area contributed by atoms with Gasteiger partial charge in [-0.2, -0.15) is 0 Å². The van der Waals surface area contributed by atoms with Crippen molar-refractivity contribution in [2.75, 3.05) is 0 Å². The molecule has 0 aliphatic rings. The minimum absolute atomic E-state index is 0. The zero-order chi connectivity index (χ0) is 5.41. The Balaban J connectivity index is -0.00000000571. The van der Waals surface area contributed by atoms with Gasteiger partial charge in [0.25, 0.3) is 12.9 Å². The molecule has 0 aliphatic heterocycles. The molecule has 0 rings (SSSR count). The Kier molecular flexibility index (Phi) is 176. The van der Waals surface area contributed by atoms with Crippen LogP contribution in [0.4, 0.5) is 0 Å². The molecule has 0 aromatic carbocycles. The summed E-state index contributed by atoms with van der Waals surface area (Å²) in [5, 5.41) is 13.8. The zero-order valence-corrected chi connectivity index (χ0v) is 6.49. The Labute approximate surface area is 79.2 Å². The van der Waals surface area contributed by atoms with E-state index in [9.17, 15) is 0 Å². The summed E-state index contributed by atoms with van der Waals surface area (Å²) in [6, 6.07) is 0. The first-order chi connectivity index (χ1) is 2.83. The molecule has 5 N–H and O–H groups in total. The second-order valence-corrected chi connectivity index (χ2v) is 0.211. The van der Waals surface area contributed by atoms with Crippen molar-refractivity contribution in [3.8, 4) is 0 Å². The smallest absolute Gasteiger partial charge is 1.00 e. The van der Waals surface area contributed by atoms with Crippen LogP contribution in [0.25, 0.3) is 0 Å². The van der Waals surface area contributed by atoms with E-state index < -0.39 is 0 Å². The fourth-order valence-electron chi connectivity index (χ4n) is 0. The molecule has 0 fully saturated rings. The van der Waals surface area contributed by atoms with E-state index in [0.29, 0.717) is 0 Å². The number of hydrogen-bond donors (Lipinski definition) is 3. The summed E-state index contributed by atoms with van der Waals surface area (Å²) in [4.78, 5) is 16.7. The van der Waals surface area contributed by atoms with Crippen LogP contribution in [0, 0.1) is 0 Å². The van der Waals surface area contributed by atoms with Gasteiger partial charge in [-0.1, -0.05) is 0 Å². The van der Waals surface area contributed by atoms with Gasteiger partial charge in [-0.05, 0) is 0 Å². The van der Waals surface area contributed by atoms with Crippen LogP contribution in [0.2, 0.25) is 0 Å². The predicted octanol–water partition coefficient (Wildman–Crippen LogP) is -0.592. The maximum Gasteiger partial charge on any atom is 2.00 e. The predicted molar refractivity (Wildman–Crippen MR) is 30.4 cm³/mol. The summed E-state index contributed by atoms with van der Waals surface area (Å²) in [6.07, 6.45) is 0. The van der Waals surface area contributed by atoms with Crippen LogP contribution in [0.15, 0.2) is 0 Å². The van der Waals surface area contributed by atoms with Crippen LogP contribution in [0.5, 0.6) is 0 Å². The topological polar surface area (TPSA) is 110 Å². The van der Waals surface area contributed by atoms with Gasteiger partial charge < -0.3 is 19.2 Å². The third-order valence-electron chi connectivity index (χ3n) is 0. The van der Waals surface area contributed by atoms with Gasteiger partial charge >= 0.3 is 37.7 Å². The molecule has 0 bridgehead atoms. The molecule has 0 atom stereocenters. The second-order valence-electron chi connectivity index (χ2n) is 0.211. The average Bonchev–Trinajstić information content (AvgIpc) is 1.39. The maximum atomic E-state index is 8.36. The van der Waals surface area contributed by atoms with Crippen molar-refractivity contribution < 1.29 is 22.7 Å². The Hall–Kier alpha value is 0.160. The monoisotopic (exact) mass is 151 g/mol. The third-order valence-corrected chi connectivity index (χ3v) is 0. The molecule has 0 amide bonds. The van der Waals surface area contributed by atoms with Gasteiger partial charge in [0.2, 0.25) is 0 Å². The van der Waals surface area contributed by atoms with Crippen molar-refractivity contribution in [1.82, 2.24) is 6.15 Å². The van der Waals surface area contributed by atoms with Gasteiger partial charge in [0, 0.05) is 0 Å². The molecule has 6 heteroatoms. The number of carbonyl (C=O) groups is 2. The van der Waals surface area contributed by atoms with Gasteiger partial charge in [0.05, 0.1) is 0 Å². The van der Waals surface area contributed by atoms with Gasteiger partial charge in [-0.15, -0.1) is 0 Å². The van der Waals surface area contributed by atoms with Crippen LogP contribution in [0.1, 0.15) is 2.85 Å². The number of carboxylic acid groups (broad SMARTS) is 2. The molecule has 0 saturated heterocycles. The van der Waals surface area contributed by atoms with E-state index in [1.54, 1.807) is 0 Å². The maximum absolute atomic E-state index is 8.36. The molecular weight excluding hydrogens is 142 g/mol. The summed E-state index contributed by atoms with van der Waals surface area (Å²) in [5.41, 5.74) is 0. The molecule has 0 radical (unpaired) electrons. The summed E-state index contributed by atoms with van der Waals surface area (Å²) in [6.45, 7) is -0.500. The first-order valence-corrected chi connectivity index (χ1v) is 0.988. The van der Waals surface area contributed by atoms with E-state index in [2.05, 4.69) is 0 Å². The molecule has 8 heavy (non-hydrogen) atoms. The van der Waals surface area contributed by atoms with E-state index >= 15 is 0 Å². The standard InChI is InChI=1S/2CH2O2.Ca.H3N.2H/c2*2-1-3;;;;/h2*1H,(H,2,3);;1H3;;/q;;+2;;2*-1. The molecule has 48 valence electrons. The molecule has 0 aliphatic carbocycles. The minimum Gasteiger partial charge on any atom is -1.00 e. The van der Waals surface area contributed by atoms with Crippen molar-refractivity contribution in [1.29, 1.82) is 0 Å². The SMILES string of the molecule is N.O=CO.O=CO.[Ca+2].[H-].[H-]. The van der Waals surface area contributed by atoms with E-state index in [0.717, 1.165) is 0 Å². The molecule has 0 saturated carbocycles. The first kappa shape index (κ1) is 24.2. The van der Waals surface area contributed by atoms with Crippen molar-refractivity contribution in [3.05, 3.63) is 0 Å². The normalized spacial score (nSPS) is 3.00. The Morgan fingerprint density at radius 1 is 1.12 bits per heavy atom. The summed E-state index contributed by atoms with van der Waals surface area (Å²) in [5.74, 6) is 0. The molecular formula is C2H9CaNO4. The van der Waals surface area contributed by atoms with Crippen LogP contribution >= 0.6 is 0 Å². The third kappa shape index (κ3) is 6430.